The first kappa shape index (κ1) is 18.2. The summed E-state index contributed by atoms with van der Waals surface area (Å²) < 4.78 is 17.7. The number of rotatable bonds is 7. The van der Waals surface area contributed by atoms with Crippen molar-refractivity contribution in [2.24, 2.45) is 5.92 Å². The Morgan fingerprint density at radius 1 is 1.16 bits per heavy atom. The molecule has 0 bridgehead atoms. The molecule has 25 heavy (non-hydrogen) atoms. The highest BCUT2D eigenvalue weighted by Gasteiger charge is 2.20. The number of halogens is 1. The summed E-state index contributed by atoms with van der Waals surface area (Å²) in [6.45, 7) is 3.12. The molecule has 1 aromatic carbocycles. The smallest absolute Gasteiger partial charge is 0.132 e. The van der Waals surface area contributed by atoms with Crippen LogP contribution in [0.3, 0.4) is 0 Å². The van der Waals surface area contributed by atoms with E-state index < -0.39 is 0 Å². The molecule has 0 spiro atoms. The lowest BCUT2D eigenvalue weighted by Gasteiger charge is -2.29. The Kier molecular flexibility index (Phi) is 6.70. The first-order chi connectivity index (χ1) is 12.3. The summed E-state index contributed by atoms with van der Waals surface area (Å²) in [5, 5.41) is 3.49. The van der Waals surface area contributed by atoms with E-state index in [0.717, 1.165) is 18.0 Å². The standard InChI is InChI=1S/C20H26FN3S/c1-2-25-24-16-8-6-15(7-9-16)14-23-17-10-11-19(21)18(13-17)20-5-3-4-12-22-20/h3-5,10-13,15-16,23-24H,2,6-9,14H2,1H3/t15-,16-. The van der Waals surface area contributed by atoms with Gasteiger partial charge in [0.2, 0.25) is 0 Å². The molecule has 0 amide bonds. The number of anilines is 1. The number of hydrogen-bond acceptors (Lipinski definition) is 4. The zero-order chi connectivity index (χ0) is 17.5. The molecule has 1 aliphatic rings. The summed E-state index contributed by atoms with van der Waals surface area (Å²) in [6.07, 6.45) is 6.65. The van der Waals surface area contributed by atoms with Crippen molar-refractivity contribution in [3.8, 4) is 11.3 Å². The highest BCUT2D eigenvalue weighted by Crippen LogP contribution is 2.27. The van der Waals surface area contributed by atoms with E-state index >= 15 is 0 Å². The second kappa shape index (κ2) is 9.20. The summed E-state index contributed by atoms with van der Waals surface area (Å²) in [6, 6.07) is 11.4. The first-order valence-electron chi connectivity index (χ1n) is 9.08. The topological polar surface area (TPSA) is 37.0 Å². The molecule has 134 valence electrons. The van der Waals surface area contributed by atoms with E-state index in [2.05, 4.69) is 21.9 Å². The first-order valence-corrected chi connectivity index (χ1v) is 10.1. The number of hydrogen-bond donors (Lipinski definition) is 2. The van der Waals surface area contributed by atoms with Crippen molar-refractivity contribution in [3.05, 3.63) is 48.4 Å². The third kappa shape index (κ3) is 5.19. The van der Waals surface area contributed by atoms with Gasteiger partial charge in [-0.25, -0.2) is 4.39 Å². The molecule has 0 saturated heterocycles. The van der Waals surface area contributed by atoms with Crippen LogP contribution in [0.25, 0.3) is 11.3 Å². The zero-order valence-electron chi connectivity index (χ0n) is 14.7. The third-order valence-corrected chi connectivity index (χ3v) is 5.53. The fourth-order valence-corrected chi connectivity index (χ4v) is 3.94. The molecule has 1 aliphatic carbocycles. The van der Waals surface area contributed by atoms with Gasteiger partial charge in [-0.2, -0.15) is 0 Å². The number of nitrogens with one attached hydrogen (secondary N) is 2. The lowest BCUT2D eigenvalue weighted by Crippen LogP contribution is -2.31. The van der Waals surface area contributed by atoms with Gasteiger partial charge in [-0.05, 0) is 61.9 Å². The van der Waals surface area contributed by atoms with Crippen LogP contribution < -0.4 is 10.0 Å². The van der Waals surface area contributed by atoms with Crippen molar-refractivity contribution in [1.82, 2.24) is 9.71 Å². The summed E-state index contributed by atoms with van der Waals surface area (Å²) in [4.78, 5) is 4.26. The highest BCUT2D eigenvalue weighted by molar-refractivity contribution is 7.97. The van der Waals surface area contributed by atoms with Crippen molar-refractivity contribution < 1.29 is 4.39 Å². The maximum Gasteiger partial charge on any atom is 0.132 e. The van der Waals surface area contributed by atoms with Crippen molar-refractivity contribution >= 4 is 17.6 Å². The molecule has 0 unspecified atom stereocenters. The molecular weight excluding hydrogens is 333 g/mol. The van der Waals surface area contributed by atoms with Crippen LogP contribution in [0.2, 0.25) is 0 Å². The van der Waals surface area contributed by atoms with Gasteiger partial charge < -0.3 is 5.32 Å². The quantitative estimate of drug-likeness (QED) is 0.673. The van der Waals surface area contributed by atoms with E-state index in [9.17, 15) is 4.39 Å². The Hall–Kier alpha value is -1.59. The van der Waals surface area contributed by atoms with E-state index in [1.54, 1.807) is 6.20 Å². The van der Waals surface area contributed by atoms with Gasteiger partial charge in [0.1, 0.15) is 5.82 Å². The largest absolute Gasteiger partial charge is 0.385 e. The number of aromatic nitrogens is 1. The van der Waals surface area contributed by atoms with Crippen molar-refractivity contribution in [2.75, 3.05) is 17.6 Å². The predicted octanol–water partition coefficient (Wildman–Crippen LogP) is 5.12. The van der Waals surface area contributed by atoms with Gasteiger partial charge in [-0.1, -0.05) is 24.9 Å². The summed E-state index contributed by atoms with van der Waals surface area (Å²) in [5.74, 6) is 1.57. The normalized spacial score (nSPS) is 20.4. The average Bonchev–Trinajstić information content (AvgIpc) is 2.67. The minimum Gasteiger partial charge on any atom is -0.385 e. The van der Waals surface area contributed by atoms with Crippen LogP contribution in [0.5, 0.6) is 0 Å². The van der Waals surface area contributed by atoms with Crippen LogP contribution >= 0.6 is 11.9 Å². The molecule has 1 heterocycles. The van der Waals surface area contributed by atoms with E-state index in [4.69, 9.17) is 0 Å². The molecule has 3 rings (SSSR count). The molecule has 5 heteroatoms. The van der Waals surface area contributed by atoms with E-state index in [1.165, 1.54) is 31.7 Å². The van der Waals surface area contributed by atoms with E-state index in [0.29, 0.717) is 23.2 Å². The minimum atomic E-state index is -0.232. The van der Waals surface area contributed by atoms with E-state index in [1.807, 2.05) is 42.3 Å². The zero-order valence-corrected chi connectivity index (χ0v) is 15.5. The molecule has 1 aromatic heterocycles. The van der Waals surface area contributed by atoms with Gasteiger partial charge >= 0.3 is 0 Å². The Balaban J connectivity index is 1.54. The van der Waals surface area contributed by atoms with Crippen LogP contribution in [-0.2, 0) is 0 Å². The molecule has 1 saturated carbocycles. The van der Waals surface area contributed by atoms with Crippen LogP contribution in [0, 0.1) is 11.7 Å². The Morgan fingerprint density at radius 2 is 2.00 bits per heavy atom. The Bertz CT molecular complexity index is 657. The maximum absolute atomic E-state index is 14.1. The molecule has 0 atom stereocenters. The molecule has 0 radical (unpaired) electrons. The SMILES string of the molecule is CCSN[C@H]1CC[C@H](CNc2ccc(F)c(-c3ccccn3)c2)CC1. The number of pyridine rings is 1. The third-order valence-electron chi connectivity index (χ3n) is 4.74. The van der Waals surface area contributed by atoms with Crippen molar-refractivity contribution in [1.29, 1.82) is 0 Å². The second-order valence-corrected chi connectivity index (χ2v) is 7.66. The number of nitrogens with zero attached hydrogens (tertiary/aromatic N) is 1. The second-order valence-electron chi connectivity index (χ2n) is 6.56. The molecule has 2 N–H and O–H groups in total. The van der Waals surface area contributed by atoms with Crippen molar-refractivity contribution in [2.45, 2.75) is 38.6 Å². The van der Waals surface area contributed by atoms with Crippen LogP contribution in [0.1, 0.15) is 32.6 Å². The fraction of sp³-hybridized carbons (Fsp3) is 0.450. The van der Waals surface area contributed by atoms with Gasteiger partial charge in [0.15, 0.2) is 0 Å². The molecule has 1 fully saturated rings. The van der Waals surface area contributed by atoms with Gasteiger partial charge in [0.05, 0.1) is 5.69 Å². The Morgan fingerprint density at radius 3 is 2.72 bits per heavy atom. The summed E-state index contributed by atoms with van der Waals surface area (Å²) >= 11 is 1.82. The van der Waals surface area contributed by atoms with Gasteiger partial charge in [-0.3, -0.25) is 9.71 Å². The average molecular weight is 360 g/mol. The Labute approximate surface area is 154 Å². The molecule has 3 nitrogen and oxygen atoms in total. The minimum absolute atomic E-state index is 0.232. The number of benzene rings is 1. The molecular formula is C20H26FN3S. The monoisotopic (exact) mass is 359 g/mol. The maximum atomic E-state index is 14.1. The van der Waals surface area contributed by atoms with E-state index in [-0.39, 0.29) is 5.82 Å². The highest BCUT2D eigenvalue weighted by atomic mass is 32.2. The molecule has 0 aliphatic heterocycles. The van der Waals surface area contributed by atoms with Gasteiger partial charge in [0.25, 0.3) is 0 Å². The fourth-order valence-electron chi connectivity index (χ4n) is 3.30. The van der Waals surface area contributed by atoms with Gasteiger partial charge in [0, 0.05) is 35.8 Å². The lowest BCUT2D eigenvalue weighted by molar-refractivity contribution is 0.328. The van der Waals surface area contributed by atoms with Crippen LogP contribution in [0.4, 0.5) is 10.1 Å². The summed E-state index contributed by atoms with van der Waals surface area (Å²) in [7, 11) is 0. The summed E-state index contributed by atoms with van der Waals surface area (Å²) in [5.41, 5.74) is 2.18. The van der Waals surface area contributed by atoms with Crippen LogP contribution in [-0.4, -0.2) is 23.3 Å². The molecule has 2 aromatic rings. The van der Waals surface area contributed by atoms with Gasteiger partial charge in [-0.15, -0.1) is 0 Å². The predicted molar refractivity (Wildman–Crippen MR) is 105 cm³/mol. The lowest BCUT2D eigenvalue weighted by atomic mass is 9.86. The van der Waals surface area contributed by atoms with Crippen LogP contribution in [0.15, 0.2) is 42.6 Å². The van der Waals surface area contributed by atoms with Crippen molar-refractivity contribution in [3.63, 3.8) is 0 Å².